The first-order valence-corrected chi connectivity index (χ1v) is 15.8. The van der Waals surface area contributed by atoms with E-state index in [1.165, 1.54) is 0 Å². The highest BCUT2D eigenvalue weighted by Crippen LogP contribution is 2.36. The zero-order chi connectivity index (χ0) is 30.4. The van der Waals surface area contributed by atoms with Gasteiger partial charge < -0.3 is 30.2 Å². The van der Waals surface area contributed by atoms with Crippen molar-refractivity contribution in [3.63, 3.8) is 0 Å². The predicted molar refractivity (Wildman–Crippen MR) is 165 cm³/mol. The number of amides is 3. The topological polar surface area (TPSA) is 118 Å². The van der Waals surface area contributed by atoms with E-state index in [-0.39, 0.29) is 36.2 Å². The summed E-state index contributed by atoms with van der Waals surface area (Å²) in [5.41, 5.74) is 1.08. The molecule has 4 heterocycles. The third-order valence-corrected chi connectivity index (χ3v) is 9.29. The fourth-order valence-corrected chi connectivity index (χ4v) is 6.72. The lowest BCUT2D eigenvalue weighted by Crippen LogP contribution is -2.58. The Hall–Kier alpha value is -3.89. The summed E-state index contributed by atoms with van der Waals surface area (Å²) in [6.07, 6.45) is 8.03. The summed E-state index contributed by atoms with van der Waals surface area (Å²) in [5.74, 6) is 1.12. The van der Waals surface area contributed by atoms with Crippen LogP contribution in [0.15, 0.2) is 60.7 Å². The standard InChI is InChI=1S/C34H42N4O6/c39-31(35-26-9-10-29-30(21-26)44-19-18-43-29)23-38-15-11-27-25(22-38)8-4-5-12-34(13-16-42-17-14-34)33(41)37-28(32(40)36-27)20-24-6-2-1-3-7-24/h1-7,9-10,21,25,27-28H,8,11-20,22-23H2,(H,35,39)(H,36,40)(H,37,41)/b5-4+/t25-,27+,28-/m0/s1. The highest BCUT2D eigenvalue weighted by Gasteiger charge is 2.41. The second-order valence-electron chi connectivity index (χ2n) is 12.3. The number of likely N-dealkylation sites (tertiary alicyclic amines) is 1. The summed E-state index contributed by atoms with van der Waals surface area (Å²) in [7, 11) is 0. The van der Waals surface area contributed by atoms with Gasteiger partial charge in [0.15, 0.2) is 11.5 Å². The van der Waals surface area contributed by atoms with Gasteiger partial charge in [0.25, 0.3) is 0 Å². The number of nitrogens with one attached hydrogen (secondary N) is 3. The van der Waals surface area contributed by atoms with Crippen molar-refractivity contribution in [3.8, 4) is 11.5 Å². The van der Waals surface area contributed by atoms with Crippen LogP contribution in [0.3, 0.4) is 0 Å². The molecule has 0 bridgehead atoms. The lowest BCUT2D eigenvalue weighted by molar-refractivity contribution is -0.140. The van der Waals surface area contributed by atoms with Crippen molar-refractivity contribution >= 4 is 23.4 Å². The van der Waals surface area contributed by atoms with Crippen molar-refractivity contribution in [3.05, 3.63) is 66.2 Å². The summed E-state index contributed by atoms with van der Waals surface area (Å²) in [4.78, 5) is 42.7. The van der Waals surface area contributed by atoms with E-state index < -0.39 is 11.5 Å². The van der Waals surface area contributed by atoms with Gasteiger partial charge in [0, 0.05) is 50.5 Å². The van der Waals surface area contributed by atoms with E-state index in [0.29, 0.717) is 82.4 Å². The first-order valence-electron chi connectivity index (χ1n) is 15.8. The second-order valence-corrected chi connectivity index (χ2v) is 12.3. The number of piperidine rings is 1. The van der Waals surface area contributed by atoms with E-state index in [1.54, 1.807) is 6.07 Å². The van der Waals surface area contributed by atoms with Gasteiger partial charge in [-0.15, -0.1) is 0 Å². The molecule has 4 aliphatic heterocycles. The van der Waals surface area contributed by atoms with Gasteiger partial charge in [0.2, 0.25) is 17.7 Å². The Morgan fingerprint density at radius 2 is 1.75 bits per heavy atom. The Labute approximate surface area is 258 Å². The zero-order valence-electron chi connectivity index (χ0n) is 25.1. The molecule has 234 valence electrons. The molecule has 3 N–H and O–H groups in total. The van der Waals surface area contributed by atoms with Gasteiger partial charge in [-0.3, -0.25) is 19.3 Å². The van der Waals surface area contributed by atoms with E-state index >= 15 is 0 Å². The number of anilines is 1. The maximum absolute atomic E-state index is 13.8. The minimum atomic E-state index is -0.677. The minimum Gasteiger partial charge on any atom is -0.486 e. The molecule has 3 atom stereocenters. The average Bonchev–Trinajstić information content (AvgIpc) is 3.04. The predicted octanol–water partition coefficient (Wildman–Crippen LogP) is 3.08. The molecule has 10 nitrogen and oxygen atoms in total. The van der Waals surface area contributed by atoms with Crippen LogP contribution < -0.4 is 25.4 Å². The fraction of sp³-hybridized carbons (Fsp3) is 0.500. The summed E-state index contributed by atoms with van der Waals surface area (Å²) in [6.45, 7) is 3.68. The van der Waals surface area contributed by atoms with Crippen molar-refractivity contribution < 1.29 is 28.6 Å². The van der Waals surface area contributed by atoms with Crippen LogP contribution in [0, 0.1) is 11.3 Å². The molecule has 0 unspecified atom stereocenters. The van der Waals surface area contributed by atoms with Crippen molar-refractivity contribution in [2.45, 2.75) is 50.6 Å². The largest absolute Gasteiger partial charge is 0.486 e. The van der Waals surface area contributed by atoms with E-state index in [2.05, 4.69) is 33.0 Å². The highest BCUT2D eigenvalue weighted by molar-refractivity contribution is 5.93. The number of allylic oxidation sites excluding steroid dienone is 2. The van der Waals surface area contributed by atoms with E-state index in [1.807, 2.05) is 42.5 Å². The molecule has 2 aromatic rings. The molecule has 3 amide bonds. The molecule has 44 heavy (non-hydrogen) atoms. The summed E-state index contributed by atoms with van der Waals surface area (Å²) >= 11 is 0. The number of fused-ring (bicyclic) bond motifs is 2. The van der Waals surface area contributed by atoms with Crippen molar-refractivity contribution in [2.24, 2.45) is 11.3 Å². The highest BCUT2D eigenvalue weighted by atomic mass is 16.6. The van der Waals surface area contributed by atoms with Gasteiger partial charge in [-0.05, 0) is 55.7 Å². The number of hydrogen-bond donors (Lipinski definition) is 3. The molecular weight excluding hydrogens is 560 g/mol. The molecule has 0 saturated carbocycles. The van der Waals surface area contributed by atoms with Gasteiger partial charge in [-0.1, -0.05) is 42.5 Å². The Kier molecular flexibility index (Phi) is 9.47. The first kappa shape index (κ1) is 30.1. The Balaban J connectivity index is 1.15. The van der Waals surface area contributed by atoms with Gasteiger partial charge >= 0.3 is 0 Å². The van der Waals surface area contributed by atoms with Gasteiger partial charge in [0.1, 0.15) is 19.3 Å². The summed E-state index contributed by atoms with van der Waals surface area (Å²) in [5, 5.41) is 9.43. The Morgan fingerprint density at radius 1 is 0.955 bits per heavy atom. The minimum absolute atomic E-state index is 0.0594. The van der Waals surface area contributed by atoms with E-state index in [9.17, 15) is 14.4 Å². The van der Waals surface area contributed by atoms with Crippen LogP contribution in [-0.2, 0) is 25.5 Å². The molecule has 2 fully saturated rings. The van der Waals surface area contributed by atoms with Crippen LogP contribution in [0.25, 0.3) is 0 Å². The van der Waals surface area contributed by atoms with Gasteiger partial charge in [0.05, 0.1) is 12.0 Å². The molecule has 0 radical (unpaired) electrons. The normalized spacial score (nSPS) is 26.2. The maximum atomic E-state index is 13.8. The number of nitrogens with zero attached hydrogens (tertiary/aromatic N) is 1. The number of hydrogen-bond acceptors (Lipinski definition) is 7. The summed E-state index contributed by atoms with van der Waals surface area (Å²) in [6, 6.07) is 14.5. The molecule has 1 spiro atoms. The number of ether oxygens (including phenoxy) is 3. The smallest absolute Gasteiger partial charge is 0.243 e. The quantitative estimate of drug-likeness (QED) is 0.451. The molecule has 0 aromatic heterocycles. The zero-order valence-corrected chi connectivity index (χ0v) is 25.1. The lowest BCUT2D eigenvalue weighted by Gasteiger charge is -2.40. The van der Waals surface area contributed by atoms with Crippen LogP contribution in [0.5, 0.6) is 11.5 Å². The first-order chi connectivity index (χ1) is 21.5. The monoisotopic (exact) mass is 602 g/mol. The van der Waals surface area contributed by atoms with Crippen LogP contribution >= 0.6 is 0 Å². The Morgan fingerprint density at radius 3 is 2.57 bits per heavy atom. The van der Waals surface area contributed by atoms with Crippen molar-refractivity contribution in [1.29, 1.82) is 0 Å². The van der Waals surface area contributed by atoms with Crippen molar-refractivity contribution in [2.75, 3.05) is 51.4 Å². The van der Waals surface area contributed by atoms with Crippen LogP contribution in [0.2, 0.25) is 0 Å². The second kappa shape index (κ2) is 13.8. The molecule has 2 saturated heterocycles. The third kappa shape index (κ3) is 7.25. The van der Waals surface area contributed by atoms with Crippen LogP contribution in [0.4, 0.5) is 5.69 Å². The summed E-state index contributed by atoms with van der Waals surface area (Å²) < 4.78 is 16.8. The van der Waals surface area contributed by atoms with Crippen LogP contribution in [0.1, 0.15) is 37.7 Å². The third-order valence-electron chi connectivity index (χ3n) is 9.29. The SMILES string of the molecule is O=C(CN1CC[C@H]2NC(=O)[C@H](Cc3ccccc3)NC(=O)C3(C/C=C/C[C@H]2C1)CCOCC3)Nc1ccc2c(c1)OCCO2. The van der Waals surface area contributed by atoms with Gasteiger partial charge in [-0.2, -0.15) is 0 Å². The number of carbonyl (C=O) groups is 3. The molecular formula is C34H42N4O6. The Bertz CT molecular complexity index is 1360. The number of carbonyl (C=O) groups excluding carboxylic acids is 3. The van der Waals surface area contributed by atoms with E-state index in [0.717, 1.165) is 18.4 Å². The molecule has 4 aliphatic rings. The number of rotatable bonds is 5. The average molecular weight is 603 g/mol. The molecule has 0 aliphatic carbocycles. The van der Waals surface area contributed by atoms with E-state index in [4.69, 9.17) is 14.2 Å². The molecule has 2 aromatic carbocycles. The maximum Gasteiger partial charge on any atom is 0.243 e. The van der Waals surface area contributed by atoms with Crippen molar-refractivity contribution in [1.82, 2.24) is 15.5 Å². The van der Waals surface area contributed by atoms with Crippen LogP contribution in [-0.4, -0.2) is 80.8 Å². The fourth-order valence-electron chi connectivity index (χ4n) is 6.72. The number of benzene rings is 2. The lowest BCUT2D eigenvalue weighted by atomic mass is 9.75. The molecule has 6 rings (SSSR count). The molecule has 10 heteroatoms. The van der Waals surface area contributed by atoms with Gasteiger partial charge in [-0.25, -0.2) is 0 Å².